The molecule has 0 spiro atoms. The largest absolute Gasteiger partial charge is 0.385 e. The molecule has 0 aliphatic carbocycles. The lowest BCUT2D eigenvalue weighted by Gasteiger charge is -2.28. The van der Waals surface area contributed by atoms with Gasteiger partial charge >= 0.3 is 0 Å². The number of imide groups is 1. The van der Waals surface area contributed by atoms with Crippen molar-refractivity contribution in [3.8, 4) is 5.69 Å². The number of nitrogens with zero attached hydrogens (tertiary/aromatic N) is 3. The fraction of sp³-hybridized carbons (Fsp3) is 0.357. The van der Waals surface area contributed by atoms with Crippen LogP contribution in [0.3, 0.4) is 0 Å². The number of hydrogen-bond donors (Lipinski definition) is 1. The minimum absolute atomic E-state index is 0.0255. The first-order valence-electron chi connectivity index (χ1n) is 12.1. The Labute approximate surface area is 211 Å². The lowest BCUT2D eigenvalue weighted by Crippen LogP contribution is -2.43. The third-order valence-electron chi connectivity index (χ3n) is 6.75. The summed E-state index contributed by atoms with van der Waals surface area (Å²) in [6.45, 7) is 4.92. The summed E-state index contributed by atoms with van der Waals surface area (Å²) in [7, 11) is 1.58. The highest BCUT2D eigenvalue weighted by atomic mass is 16.5. The molecule has 2 aromatic carbocycles. The van der Waals surface area contributed by atoms with Crippen LogP contribution in [0.25, 0.3) is 5.69 Å². The van der Waals surface area contributed by atoms with Crippen LogP contribution in [0.15, 0.2) is 60.9 Å². The molecule has 0 bridgehead atoms. The van der Waals surface area contributed by atoms with Crippen LogP contribution in [0.5, 0.6) is 0 Å². The first-order chi connectivity index (χ1) is 17.4. The molecule has 1 atom stereocenters. The van der Waals surface area contributed by atoms with Gasteiger partial charge in [-0.3, -0.25) is 19.3 Å². The van der Waals surface area contributed by atoms with Gasteiger partial charge in [0.15, 0.2) is 0 Å². The SMILES string of the molecule is COCCCN1C(=O)CC(CC(=O)NCc2cnn(-c3ccccc3C)c2)(c2ccccc2C)C1=O. The van der Waals surface area contributed by atoms with Crippen LogP contribution in [-0.2, 0) is 31.1 Å². The van der Waals surface area contributed by atoms with Crippen molar-refractivity contribution >= 4 is 17.7 Å². The number of rotatable bonds is 10. The van der Waals surface area contributed by atoms with Crippen molar-refractivity contribution in [2.24, 2.45) is 0 Å². The molecule has 1 aliphatic rings. The zero-order valence-corrected chi connectivity index (χ0v) is 21.0. The van der Waals surface area contributed by atoms with Crippen molar-refractivity contribution in [3.05, 3.63) is 83.2 Å². The van der Waals surface area contributed by atoms with Gasteiger partial charge in [-0.05, 0) is 43.0 Å². The number of nitrogens with one attached hydrogen (secondary N) is 1. The van der Waals surface area contributed by atoms with Gasteiger partial charge in [-0.25, -0.2) is 4.68 Å². The van der Waals surface area contributed by atoms with E-state index in [1.807, 2.05) is 68.6 Å². The summed E-state index contributed by atoms with van der Waals surface area (Å²) in [6, 6.07) is 15.4. The second-order valence-corrected chi connectivity index (χ2v) is 9.30. The molecule has 3 amide bonds. The fourth-order valence-corrected chi connectivity index (χ4v) is 4.89. The van der Waals surface area contributed by atoms with Crippen LogP contribution >= 0.6 is 0 Å². The van der Waals surface area contributed by atoms with Crippen molar-refractivity contribution in [1.29, 1.82) is 0 Å². The van der Waals surface area contributed by atoms with Crippen LogP contribution < -0.4 is 5.32 Å². The Morgan fingerprint density at radius 2 is 1.81 bits per heavy atom. The Bertz CT molecular complexity index is 1270. The van der Waals surface area contributed by atoms with Gasteiger partial charge in [0.1, 0.15) is 0 Å². The average molecular weight is 489 g/mol. The highest BCUT2D eigenvalue weighted by molar-refractivity contribution is 6.10. The molecule has 8 heteroatoms. The standard InChI is InChI=1S/C28H32N4O4/c1-20-9-4-6-11-23(20)28(16-26(34)31(27(28)35)13-8-14-36-3)15-25(33)29-17-22-18-30-32(19-22)24-12-7-5-10-21(24)2/h4-7,9-12,18-19H,8,13-17H2,1-3H3,(H,29,33). The van der Waals surface area contributed by atoms with Crippen molar-refractivity contribution in [3.63, 3.8) is 0 Å². The quantitative estimate of drug-likeness (QED) is 0.349. The van der Waals surface area contributed by atoms with Crippen molar-refractivity contribution in [2.75, 3.05) is 20.3 Å². The number of aromatic nitrogens is 2. The van der Waals surface area contributed by atoms with Crippen molar-refractivity contribution < 1.29 is 19.1 Å². The fourth-order valence-electron chi connectivity index (χ4n) is 4.89. The van der Waals surface area contributed by atoms with Gasteiger partial charge in [0.05, 0.1) is 17.3 Å². The van der Waals surface area contributed by atoms with Crippen LogP contribution in [-0.4, -0.2) is 52.7 Å². The maximum atomic E-state index is 13.7. The summed E-state index contributed by atoms with van der Waals surface area (Å²) in [6.07, 6.45) is 4.01. The molecule has 1 unspecified atom stereocenters. The normalized spacial score (nSPS) is 17.6. The van der Waals surface area contributed by atoms with Crippen LogP contribution in [0.1, 0.15) is 41.5 Å². The molecule has 1 saturated heterocycles. The molecule has 188 valence electrons. The van der Waals surface area contributed by atoms with Gasteiger partial charge in [0.2, 0.25) is 17.7 Å². The lowest BCUT2D eigenvalue weighted by atomic mass is 9.74. The lowest BCUT2D eigenvalue weighted by molar-refractivity contribution is -0.141. The second kappa shape index (κ2) is 10.9. The van der Waals surface area contributed by atoms with Gasteiger partial charge in [0, 0.05) is 51.4 Å². The van der Waals surface area contributed by atoms with E-state index in [0.717, 1.165) is 27.9 Å². The molecule has 1 aromatic heterocycles. The number of para-hydroxylation sites is 1. The van der Waals surface area contributed by atoms with Gasteiger partial charge in [-0.15, -0.1) is 0 Å². The summed E-state index contributed by atoms with van der Waals surface area (Å²) in [5, 5.41) is 7.35. The molecule has 4 rings (SSSR count). The highest BCUT2D eigenvalue weighted by Gasteiger charge is 2.53. The molecule has 1 N–H and O–H groups in total. The van der Waals surface area contributed by atoms with Crippen LogP contribution in [0.4, 0.5) is 0 Å². The predicted octanol–water partition coefficient (Wildman–Crippen LogP) is 3.23. The average Bonchev–Trinajstić information content (AvgIpc) is 3.42. The number of aryl methyl sites for hydroxylation is 2. The Morgan fingerprint density at radius 1 is 1.08 bits per heavy atom. The van der Waals surface area contributed by atoms with Crippen LogP contribution in [0, 0.1) is 13.8 Å². The van der Waals surface area contributed by atoms with Gasteiger partial charge in [-0.2, -0.15) is 5.10 Å². The van der Waals surface area contributed by atoms with E-state index in [1.54, 1.807) is 18.0 Å². The van der Waals surface area contributed by atoms with E-state index in [-0.39, 0.29) is 43.7 Å². The Kier molecular flexibility index (Phi) is 7.64. The third-order valence-corrected chi connectivity index (χ3v) is 6.75. The van der Waals surface area contributed by atoms with Crippen molar-refractivity contribution in [1.82, 2.24) is 20.0 Å². The summed E-state index contributed by atoms with van der Waals surface area (Å²) in [5.74, 6) is -0.867. The molecular weight excluding hydrogens is 456 g/mol. The van der Waals surface area contributed by atoms with E-state index in [1.165, 1.54) is 4.90 Å². The second-order valence-electron chi connectivity index (χ2n) is 9.30. The zero-order chi connectivity index (χ0) is 25.7. The van der Waals surface area contributed by atoms with Gasteiger partial charge in [0.25, 0.3) is 0 Å². The number of hydrogen-bond acceptors (Lipinski definition) is 5. The summed E-state index contributed by atoms with van der Waals surface area (Å²) in [4.78, 5) is 41.0. The molecule has 2 heterocycles. The summed E-state index contributed by atoms with van der Waals surface area (Å²) >= 11 is 0. The number of benzene rings is 2. The van der Waals surface area contributed by atoms with Gasteiger partial charge in [-0.1, -0.05) is 42.5 Å². The minimum Gasteiger partial charge on any atom is -0.385 e. The first-order valence-corrected chi connectivity index (χ1v) is 12.1. The predicted molar refractivity (Wildman–Crippen MR) is 135 cm³/mol. The van der Waals surface area contributed by atoms with E-state index >= 15 is 0 Å². The van der Waals surface area contributed by atoms with E-state index in [9.17, 15) is 14.4 Å². The maximum Gasteiger partial charge on any atom is 0.240 e. The van der Waals surface area contributed by atoms with Crippen LogP contribution in [0.2, 0.25) is 0 Å². The number of carbonyl (C=O) groups is 3. The minimum atomic E-state index is -1.22. The molecule has 0 radical (unpaired) electrons. The van der Waals surface area contributed by atoms with E-state index in [2.05, 4.69) is 10.4 Å². The zero-order valence-electron chi connectivity index (χ0n) is 21.0. The number of ether oxygens (including phenoxy) is 1. The Balaban J connectivity index is 1.51. The molecule has 3 aromatic rings. The van der Waals surface area contributed by atoms with E-state index in [0.29, 0.717) is 13.0 Å². The molecule has 1 fully saturated rings. The monoisotopic (exact) mass is 488 g/mol. The molecule has 0 saturated carbocycles. The maximum absolute atomic E-state index is 13.7. The highest BCUT2D eigenvalue weighted by Crippen LogP contribution is 2.41. The smallest absolute Gasteiger partial charge is 0.240 e. The number of amides is 3. The number of likely N-dealkylation sites (tertiary alicyclic amines) is 1. The summed E-state index contributed by atoms with van der Waals surface area (Å²) in [5.41, 5.74) is 3.29. The molecule has 36 heavy (non-hydrogen) atoms. The molecular formula is C28H32N4O4. The number of methoxy groups -OCH3 is 1. The number of carbonyl (C=O) groups excluding carboxylic acids is 3. The Hall–Kier alpha value is -3.78. The molecule has 8 nitrogen and oxygen atoms in total. The molecule has 1 aliphatic heterocycles. The van der Waals surface area contributed by atoms with Gasteiger partial charge < -0.3 is 10.1 Å². The first kappa shape index (κ1) is 25.3. The Morgan fingerprint density at radius 3 is 2.53 bits per heavy atom. The van der Waals surface area contributed by atoms with E-state index < -0.39 is 5.41 Å². The van der Waals surface area contributed by atoms with E-state index in [4.69, 9.17) is 4.74 Å². The topological polar surface area (TPSA) is 93.5 Å². The third kappa shape index (κ3) is 5.09. The summed E-state index contributed by atoms with van der Waals surface area (Å²) < 4.78 is 6.86. The van der Waals surface area contributed by atoms with Crippen molar-refractivity contribution in [2.45, 2.75) is 45.1 Å².